The molecule has 1 N–H and O–H groups in total. The van der Waals surface area contributed by atoms with Crippen LogP contribution in [0.25, 0.3) is 0 Å². The second kappa shape index (κ2) is 3.96. The fourth-order valence-electron chi connectivity index (χ4n) is 1.37. The first kappa shape index (κ1) is 14.5. The van der Waals surface area contributed by atoms with Crippen LogP contribution in [0.1, 0.15) is 33.4 Å². The van der Waals surface area contributed by atoms with Gasteiger partial charge in [-0.05, 0) is 12.3 Å². The fourth-order valence-corrected chi connectivity index (χ4v) is 1.37. The second-order valence-corrected chi connectivity index (χ2v) is 5.17. The van der Waals surface area contributed by atoms with Crippen LogP contribution in [0.5, 0.6) is 0 Å². The van der Waals surface area contributed by atoms with Crippen LogP contribution in [0, 0.1) is 5.41 Å². The van der Waals surface area contributed by atoms with E-state index in [4.69, 9.17) is 0 Å². The Bertz CT molecular complexity index is 462. The molecule has 0 unspecified atom stereocenters. The molecule has 1 heterocycles. The average molecular weight is 265 g/mol. The van der Waals surface area contributed by atoms with E-state index in [2.05, 4.69) is 10.3 Å². The van der Waals surface area contributed by atoms with E-state index >= 15 is 0 Å². The second-order valence-electron chi connectivity index (χ2n) is 5.17. The summed E-state index contributed by atoms with van der Waals surface area (Å²) in [4.78, 5) is 11.4. The molecule has 1 aromatic rings. The van der Waals surface area contributed by atoms with Gasteiger partial charge in [0, 0.05) is 0 Å². The standard InChI is InChI=1S/C10H14F3N3O2/c1-8(2,3)9(4,7(17)18)16-5-6(14-15-16)10(11,12)13/h5H,1-4H3,(H,17,18)/t9-/m1/s1. The van der Waals surface area contributed by atoms with E-state index in [0.717, 1.165) is 4.68 Å². The SMILES string of the molecule is CC(C)(C)[C@@](C)(C(=O)O)n1cc(C(F)(F)F)nn1. The Morgan fingerprint density at radius 2 is 1.78 bits per heavy atom. The van der Waals surface area contributed by atoms with Gasteiger partial charge in [-0.2, -0.15) is 13.2 Å². The van der Waals surface area contributed by atoms with Crippen molar-refractivity contribution in [3.63, 3.8) is 0 Å². The van der Waals surface area contributed by atoms with E-state index in [1.807, 2.05) is 0 Å². The van der Waals surface area contributed by atoms with Crippen molar-refractivity contribution in [1.82, 2.24) is 15.0 Å². The summed E-state index contributed by atoms with van der Waals surface area (Å²) in [6, 6.07) is 0. The van der Waals surface area contributed by atoms with Crippen LogP contribution in [-0.2, 0) is 16.5 Å². The highest BCUT2D eigenvalue weighted by Gasteiger charge is 2.48. The normalized spacial score (nSPS) is 16.4. The van der Waals surface area contributed by atoms with Crippen molar-refractivity contribution >= 4 is 5.97 Å². The average Bonchev–Trinajstić information content (AvgIpc) is 2.62. The van der Waals surface area contributed by atoms with Crippen molar-refractivity contribution < 1.29 is 23.1 Å². The molecule has 0 aliphatic rings. The maximum atomic E-state index is 12.4. The molecule has 0 saturated carbocycles. The number of rotatable bonds is 2. The smallest absolute Gasteiger partial charge is 0.436 e. The lowest BCUT2D eigenvalue weighted by atomic mass is 9.75. The van der Waals surface area contributed by atoms with Gasteiger partial charge in [0.15, 0.2) is 11.2 Å². The molecule has 1 aromatic heterocycles. The molecule has 0 aliphatic carbocycles. The molecule has 0 bridgehead atoms. The van der Waals surface area contributed by atoms with Crippen molar-refractivity contribution in [1.29, 1.82) is 0 Å². The summed E-state index contributed by atoms with van der Waals surface area (Å²) < 4.78 is 38.0. The molecule has 18 heavy (non-hydrogen) atoms. The van der Waals surface area contributed by atoms with Gasteiger partial charge < -0.3 is 5.11 Å². The van der Waals surface area contributed by atoms with E-state index in [0.29, 0.717) is 6.20 Å². The Morgan fingerprint density at radius 3 is 2.06 bits per heavy atom. The zero-order chi connectivity index (χ0) is 14.4. The van der Waals surface area contributed by atoms with Gasteiger partial charge in [-0.25, -0.2) is 9.48 Å². The van der Waals surface area contributed by atoms with Crippen molar-refractivity contribution in [3.8, 4) is 0 Å². The Labute approximate surface area is 102 Å². The lowest BCUT2D eigenvalue weighted by Gasteiger charge is -2.37. The summed E-state index contributed by atoms with van der Waals surface area (Å²) in [7, 11) is 0. The maximum Gasteiger partial charge on any atom is 0.436 e. The molecule has 0 aliphatic heterocycles. The number of carboxylic acids is 1. The monoisotopic (exact) mass is 265 g/mol. The minimum absolute atomic E-state index is 0.610. The topological polar surface area (TPSA) is 68.0 Å². The van der Waals surface area contributed by atoms with E-state index in [1.165, 1.54) is 6.92 Å². The van der Waals surface area contributed by atoms with Crippen LogP contribution in [-0.4, -0.2) is 26.1 Å². The number of aliphatic carboxylic acids is 1. The summed E-state index contributed by atoms with van der Waals surface area (Å²) in [5.41, 5.74) is -3.67. The van der Waals surface area contributed by atoms with Crippen molar-refractivity contribution in [2.24, 2.45) is 5.41 Å². The summed E-state index contributed by atoms with van der Waals surface area (Å²) in [5, 5.41) is 15.5. The van der Waals surface area contributed by atoms with Crippen molar-refractivity contribution in [3.05, 3.63) is 11.9 Å². The molecular formula is C10H14F3N3O2. The maximum absolute atomic E-state index is 12.4. The molecule has 0 fully saturated rings. The van der Waals surface area contributed by atoms with Gasteiger partial charge in [-0.3, -0.25) is 0 Å². The molecule has 5 nitrogen and oxygen atoms in total. The minimum atomic E-state index is -4.64. The van der Waals surface area contributed by atoms with Gasteiger partial charge in [-0.15, -0.1) is 5.10 Å². The van der Waals surface area contributed by atoms with Crippen molar-refractivity contribution in [2.45, 2.75) is 39.4 Å². The number of halogens is 3. The highest BCUT2D eigenvalue weighted by Crippen LogP contribution is 2.37. The summed E-state index contributed by atoms with van der Waals surface area (Å²) in [6.07, 6.45) is -4.03. The number of carboxylic acid groups (broad SMARTS) is 1. The van der Waals surface area contributed by atoms with Crippen LogP contribution < -0.4 is 0 Å². The Balaban J connectivity index is 3.34. The lowest BCUT2D eigenvalue weighted by Crippen LogP contribution is -2.50. The van der Waals surface area contributed by atoms with Gasteiger partial charge in [0.05, 0.1) is 6.20 Å². The third-order valence-corrected chi connectivity index (χ3v) is 3.12. The first-order valence-corrected chi connectivity index (χ1v) is 5.14. The molecular weight excluding hydrogens is 251 g/mol. The van der Waals surface area contributed by atoms with E-state index in [9.17, 15) is 23.1 Å². The number of alkyl halides is 3. The largest absolute Gasteiger partial charge is 0.479 e. The van der Waals surface area contributed by atoms with Gasteiger partial charge in [0.25, 0.3) is 0 Å². The summed E-state index contributed by atoms with van der Waals surface area (Å²) in [6.45, 7) is 6.13. The van der Waals surface area contributed by atoms with Gasteiger partial charge in [0.2, 0.25) is 0 Å². The Morgan fingerprint density at radius 1 is 1.28 bits per heavy atom. The van der Waals surface area contributed by atoms with Crippen LogP contribution in [0.2, 0.25) is 0 Å². The number of carbonyl (C=O) groups is 1. The highest BCUT2D eigenvalue weighted by molar-refractivity contribution is 5.77. The van der Waals surface area contributed by atoms with Crippen LogP contribution in [0.4, 0.5) is 13.2 Å². The summed E-state index contributed by atoms with van der Waals surface area (Å²) >= 11 is 0. The molecule has 0 radical (unpaired) electrons. The Kier molecular flexibility index (Phi) is 3.18. The predicted molar refractivity (Wildman–Crippen MR) is 55.8 cm³/mol. The molecule has 0 spiro atoms. The van der Waals surface area contributed by atoms with Gasteiger partial charge >= 0.3 is 12.1 Å². The van der Waals surface area contributed by atoms with Gasteiger partial charge in [-0.1, -0.05) is 26.0 Å². The van der Waals surface area contributed by atoms with E-state index in [1.54, 1.807) is 20.8 Å². The predicted octanol–water partition coefficient (Wildman–Crippen LogP) is 2.14. The third-order valence-electron chi connectivity index (χ3n) is 3.12. The number of hydrogen-bond acceptors (Lipinski definition) is 3. The first-order valence-electron chi connectivity index (χ1n) is 5.14. The number of aromatic nitrogens is 3. The number of hydrogen-bond donors (Lipinski definition) is 1. The highest BCUT2D eigenvalue weighted by atomic mass is 19.4. The van der Waals surface area contributed by atoms with Crippen LogP contribution >= 0.6 is 0 Å². The third kappa shape index (κ3) is 2.19. The molecule has 8 heteroatoms. The van der Waals surface area contributed by atoms with E-state index in [-0.39, 0.29) is 0 Å². The molecule has 102 valence electrons. The Hall–Kier alpha value is -1.60. The van der Waals surface area contributed by atoms with Crippen LogP contribution in [0.3, 0.4) is 0 Å². The van der Waals surface area contributed by atoms with Gasteiger partial charge in [0.1, 0.15) is 0 Å². The van der Waals surface area contributed by atoms with E-state index < -0.39 is 28.8 Å². The number of nitrogens with zero attached hydrogens (tertiary/aromatic N) is 3. The zero-order valence-corrected chi connectivity index (χ0v) is 10.4. The lowest BCUT2D eigenvalue weighted by molar-refractivity contribution is -0.154. The zero-order valence-electron chi connectivity index (χ0n) is 10.4. The first-order chi connectivity index (χ1) is 7.90. The summed E-state index contributed by atoms with van der Waals surface area (Å²) in [5.74, 6) is -1.27. The fraction of sp³-hybridized carbons (Fsp3) is 0.700. The quantitative estimate of drug-likeness (QED) is 0.889. The molecule has 0 saturated heterocycles. The van der Waals surface area contributed by atoms with Crippen molar-refractivity contribution in [2.75, 3.05) is 0 Å². The molecule has 0 aromatic carbocycles. The molecule has 1 atom stereocenters. The molecule has 0 amide bonds. The van der Waals surface area contributed by atoms with Crippen LogP contribution in [0.15, 0.2) is 6.20 Å². The minimum Gasteiger partial charge on any atom is -0.479 e. The molecule has 1 rings (SSSR count).